The normalized spacial score (nSPS) is 15.4. The molecule has 1 heteroatoms. The maximum absolute atomic E-state index is 5.83. The zero-order valence-electron chi connectivity index (χ0n) is 10.5. The quantitative estimate of drug-likeness (QED) is 0.501. The van der Waals surface area contributed by atoms with Crippen LogP contribution in [0.25, 0.3) is 0 Å². The Morgan fingerprint density at radius 2 is 1.71 bits per heavy atom. The van der Waals surface area contributed by atoms with Crippen LogP contribution in [0, 0.1) is 5.92 Å². The molecule has 0 saturated heterocycles. The SMILES string of the molecule is CCCC(CC)OCCCC(C)CC. The molecule has 0 fully saturated rings. The predicted molar refractivity (Wildman–Crippen MR) is 63.6 cm³/mol. The van der Waals surface area contributed by atoms with E-state index in [0.717, 1.165) is 18.9 Å². The van der Waals surface area contributed by atoms with Crippen molar-refractivity contribution in [1.29, 1.82) is 0 Å². The molecule has 0 aliphatic carbocycles. The summed E-state index contributed by atoms with van der Waals surface area (Å²) < 4.78 is 5.83. The summed E-state index contributed by atoms with van der Waals surface area (Å²) >= 11 is 0. The summed E-state index contributed by atoms with van der Waals surface area (Å²) in [7, 11) is 0. The van der Waals surface area contributed by atoms with Gasteiger partial charge in [-0.1, -0.05) is 40.5 Å². The Morgan fingerprint density at radius 3 is 2.21 bits per heavy atom. The van der Waals surface area contributed by atoms with Crippen molar-refractivity contribution in [2.24, 2.45) is 5.92 Å². The summed E-state index contributed by atoms with van der Waals surface area (Å²) in [6, 6.07) is 0. The maximum atomic E-state index is 5.83. The Bertz CT molecular complexity index is 112. The van der Waals surface area contributed by atoms with Gasteiger partial charge in [0, 0.05) is 6.61 Å². The molecule has 0 N–H and O–H groups in total. The molecule has 0 radical (unpaired) electrons. The summed E-state index contributed by atoms with van der Waals surface area (Å²) in [5.74, 6) is 0.866. The third-order valence-corrected chi connectivity index (χ3v) is 2.96. The first kappa shape index (κ1) is 14.0. The zero-order chi connectivity index (χ0) is 10.8. The molecule has 0 bridgehead atoms. The third-order valence-electron chi connectivity index (χ3n) is 2.96. The van der Waals surface area contributed by atoms with E-state index >= 15 is 0 Å². The van der Waals surface area contributed by atoms with Crippen LogP contribution < -0.4 is 0 Å². The van der Waals surface area contributed by atoms with Crippen molar-refractivity contribution in [1.82, 2.24) is 0 Å². The standard InChI is InChI=1S/C13H28O/c1-5-9-13(7-3)14-11-8-10-12(4)6-2/h12-13H,5-11H2,1-4H3. The van der Waals surface area contributed by atoms with Gasteiger partial charge in [0.05, 0.1) is 6.10 Å². The molecule has 0 aromatic carbocycles. The molecule has 0 heterocycles. The molecule has 86 valence electrons. The van der Waals surface area contributed by atoms with E-state index in [4.69, 9.17) is 4.74 Å². The van der Waals surface area contributed by atoms with Crippen molar-refractivity contribution >= 4 is 0 Å². The number of rotatable bonds is 9. The first-order chi connectivity index (χ1) is 6.74. The van der Waals surface area contributed by atoms with E-state index in [2.05, 4.69) is 27.7 Å². The molecular formula is C13H28O. The average molecular weight is 200 g/mol. The van der Waals surface area contributed by atoms with E-state index in [0.29, 0.717) is 6.10 Å². The van der Waals surface area contributed by atoms with E-state index < -0.39 is 0 Å². The van der Waals surface area contributed by atoms with Crippen LogP contribution in [0.5, 0.6) is 0 Å². The fraction of sp³-hybridized carbons (Fsp3) is 1.00. The summed E-state index contributed by atoms with van der Waals surface area (Å²) in [5.41, 5.74) is 0. The van der Waals surface area contributed by atoms with E-state index in [1.165, 1.54) is 32.1 Å². The lowest BCUT2D eigenvalue weighted by molar-refractivity contribution is 0.0406. The molecule has 0 aliphatic heterocycles. The Hall–Kier alpha value is -0.0400. The Labute approximate surface area is 90.2 Å². The van der Waals surface area contributed by atoms with Crippen LogP contribution >= 0.6 is 0 Å². The minimum Gasteiger partial charge on any atom is -0.378 e. The van der Waals surface area contributed by atoms with Gasteiger partial charge in [-0.05, 0) is 31.6 Å². The first-order valence-electron chi connectivity index (χ1n) is 6.36. The topological polar surface area (TPSA) is 9.23 Å². The van der Waals surface area contributed by atoms with E-state index in [1.807, 2.05) is 0 Å². The number of hydrogen-bond acceptors (Lipinski definition) is 1. The Morgan fingerprint density at radius 1 is 1.00 bits per heavy atom. The fourth-order valence-corrected chi connectivity index (χ4v) is 1.61. The van der Waals surface area contributed by atoms with Gasteiger partial charge in [0.2, 0.25) is 0 Å². The molecule has 0 rings (SSSR count). The van der Waals surface area contributed by atoms with E-state index in [1.54, 1.807) is 0 Å². The molecule has 1 nitrogen and oxygen atoms in total. The van der Waals surface area contributed by atoms with Crippen LogP contribution in [0.2, 0.25) is 0 Å². The smallest absolute Gasteiger partial charge is 0.0572 e. The molecule has 2 atom stereocenters. The van der Waals surface area contributed by atoms with E-state index in [-0.39, 0.29) is 0 Å². The monoisotopic (exact) mass is 200 g/mol. The van der Waals surface area contributed by atoms with Crippen molar-refractivity contribution in [3.05, 3.63) is 0 Å². The molecule has 0 spiro atoms. The summed E-state index contributed by atoms with van der Waals surface area (Å²) in [6.45, 7) is 9.99. The molecule has 2 unspecified atom stereocenters. The van der Waals surface area contributed by atoms with Crippen LogP contribution in [0.4, 0.5) is 0 Å². The lowest BCUT2D eigenvalue weighted by Gasteiger charge is -2.15. The average Bonchev–Trinajstić information content (AvgIpc) is 2.22. The summed E-state index contributed by atoms with van der Waals surface area (Å²) in [4.78, 5) is 0. The predicted octanol–water partition coefficient (Wildman–Crippen LogP) is 4.41. The van der Waals surface area contributed by atoms with Crippen molar-refractivity contribution in [3.63, 3.8) is 0 Å². The first-order valence-corrected chi connectivity index (χ1v) is 6.36. The largest absolute Gasteiger partial charge is 0.378 e. The second-order valence-corrected chi connectivity index (χ2v) is 4.35. The summed E-state index contributed by atoms with van der Waals surface area (Å²) in [6.07, 6.45) is 7.98. The second kappa shape index (κ2) is 9.51. The van der Waals surface area contributed by atoms with Gasteiger partial charge in [0.15, 0.2) is 0 Å². The van der Waals surface area contributed by atoms with Gasteiger partial charge < -0.3 is 4.74 Å². The van der Waals surface area contributed by atoms with Gasteiger partial charge in [-0.15, -0.1) is 0 Å². The van der Waals surface area contributed by atoms with Crippen LogP contribution in [0.3, 0.4) is 0 Å². The highest BCUT2D eigenvalue weighted by Gasteiger charge is 2.05. The van der Waals surface area contributed by atoms with Crippen LogP contribution in [-0.4, -0.2) is 12.7 Å². The maximum Gasteiger partial charge on any atom is 0.0572 e. The fourth-order valence-electron chi connectivity index (χ4n) is 1.61. The minimum absolute atomic E-state index is 0.511. The van der Waals surface area contributed by atoms with Gasteiger partial charge in [0.25, 0.3) is 0 Å². The highest BCUT2D eigenvalue weighted by molar-refractivity contribution is 4.55. The summed E-state index contributed by atoms with van der Waals surface area (Å²) in [5, 5.41) is 0. The molecule has 14 heavy (non-hydrogen) atoms. The van der Waals surface area contributed by atoms with Gasteiger partial charge in [-0.2, -0.15) is 0 Å². The minimum atomic E-state index is 0.511. The van der Waals surface area contributed by atoms with Crippen molar-refractivity contribution in [2.45, 2.75) is 72.3 Å². The Kier molecular flexibility index (Phi) is 9.49. The molecule has 0 saturated carbocycles. The molecular weight excluding hydrogens is 172 g/mol. The molecule has 0 aliphatic rings. The number of ether oxygens (including phenoxy) is 1. The molecule has 0 aromatic heterocycles. The van der Waals surface area contributed by atoms with Crippen molar-refractivity contribution in [2.75, 3.05) is 6.61 Å². The van der Waals surface area contributed by atoms with Crippen LogP contribution in [0.1, 0.15) is 66.2 Å². The molecule has 0 amide bonds. The lowest BCUT2D eigenvalue weighted by Crippen LogP contribution is -2.12. The van der Waals surface area contributed by atoms with Crippen LogP contribution in [-0.2, 0) is 4.74 Å². The van der Waals surface area contributed by atoms with Gasteiger partial charge in [0.1, 0.15) is 0 Å². The number of hydrogen-bond donors (Lipinski definition) is 0. The van der Waals surface area contributed by atoms with Gasteiger partial charge in [-0.3, -0.25) is 0 Å². The lowest BCUT2D eigenvalue weighted by atomic mass is 10.0. The van der Waals surface area contributed by atoms with Gasteiger partial charge >= 0.3 is 0 Å². The van der Waals surface area contributed by atoms with Crippen molar-refractivity contribution < 1.29 is 4.74 Å². The zero-order valence-corrected chi connectivity index (χ0v) is 10.5. The highest BCUT2D eigenvalue weighted by Crippen LogP contribution is 2.11. The van der Waals surface area contributed by atoms with Gasteiger partial charge in [-0.25, -0.2) is 0 Å². The Balaban J connectivity index is 3.32. The molecule has 0 aromatic rings. The highest BCUT2D eigenvalue weighted by atomic mass is 16.5. The van der Waals surface area contributed by atoms with Crippen molar-refractivity contribution in [3.8, 4) is 0 Å². The second-order valence-electron chi connectivity index (χ2n) is 4.35. The van der Waals surface area contributed by atoms with E-state index in [9.17, 15) is 0 Å². The third kappa shape index (κ3) is 7.37. The van der Waals surface area contributed by atoms with Crippen LogP contribution in [0.15, 0.2) is 0 Å².